The van der Waals surface area contributed by atoms with Crippen LogP contribution in [0, 0.1) is 23.0 Å². The van der Waals surface area contributed by atoms with Gasteiger partial charge in [-0.3, -0.25) is 14.9 Å². The summed E-state index contributed by atoms with van der Waals surface area (Å²) >= 11 is 5.89. The maximum Gasteiger partial charge on any atom is 0.288 e. The van der Waals surface area contributed by atoms with Crippen LogP contribution in [-0.4, -0.2) is 23.4 Å². The number of benzene rings is 1. The summed E-state index contributed by atoms with van der Waals surface area (Å²) in [5.41, 5.74) is 1.01. The summed E-state index contributed by atoms with van der Waals surface area (Å²) in [5, 5.41) is 17.0. The summed E-state index contributed by atoms with van der Waals surface area (Å²) in [6.07, 6.45) is 1.57. The fourth-order valence-corrected chi connectivity index (χ4v) is 2.78. The van der Waals surface area contributed by atoms with Crippen LogP contribution in [0.15, 0.2) is 12.1 Å². The van der Waals surface area contributed by atoms with Crippen molar-refractivity contribution >= 4 is 28.9 Å². The third kappa shape index (κ3) is 3.71. The van der Waals surface area contributed by atoms with Gasteiger partial charge in [0.1, 0.15) is 5.02 Å². The minimum absolute atomic E-state index is 0.0274. The Balaban J connectivity index is 2.14. The molecule has 21 heavy (non-hydrogen) atoms. The van der Waals surface area contributed by atoms with Crippen LogP contribution in [0.1, 0.15) is 25.3 Å². The number of nitro groups is 1. The van der Waals surface area contributed by atoms with Crippen LogP contribution in [0.25, 0.3) is 0 Å². The van der Waals surface area contributed by atoms with E-state index in [1.54, 1.807) is 6.92 Å². The second kappa shape index (κ2) is 6.41. The first kappa shape index (κ1) is 15.7. The van der Waals surface area contributed by atoms with Crippen molar-refractivity contribution in [2.45, 2.75) is 32.7 Å². The molecule has 1 aliphatic heterocycles. The molecule has 2 unspecified atom stereocenters. The molecule has 0 spiro atoms. The lowest BCUT2D eigenvalue weighted by Crippen LogP contribution is -2.40. The van der Waals surface area contributed by atoms with Gasteiger partial charge in [-0.15, -0.1) is 0 Å². The van der Waals surface area contributed by atoms with E-state index in [0.717, 1.165) is 19.4 Å². The molecular weight excluding hydrogens is 294 g/mol. The molecule has 1 fully saturated rings. The number of hydrogen-bond acceptors (Lipinski definition) is 4. The molecule has 2 rings (SSSR count). The van der Waals surface area contributed by atoms with E-state index in [0.29, 0.717) is 17.3 Å². The number of amides is 1. The Morgan fingerprint density at radius 2 is 2.24 bits per heavy atom. The molecule has 2 N–H and O–H groups in total. The van der Waals surface area contributed by atoms with Gasteiger partial charge in [-0.2, -0.15) is 0 Å². The largest absolute Gasteiger partial charge is 0.326 e. The van der Waals surface area contributed by atoms with E-state index in [2.05, 4.69) is 10.6 Å². The van der Waals surface area contributed by atoms with Crippen molar-refractivity contribution in [2.75, 3.05) is 11.9 Å². The summed E-state index contributed by atoms with van der Waals surface area (Å²) in [4.78, 5) is 22.6. The number of anilines is 1. The molecule has 114 valence electrons. The van der Waals surface area contributed by atoms with E-state index in [1.165, 1.54) is 12.1 Å². The van der Waals surface area contributed by atoms with Crippen LogP contribution in [0.2, 0.25) is 5.02 Å². The Morgan fingerprint density at radius 1 is 1.52 bits per heavy atom. The fourth-order valence-electron chi connectivity index (χ4n) is 2.55. The number of carbonyl (C=O) groups excluding carboxylic acids is 1. The first-order chi connectivity index (χ1) is 9.88. The van der Waals surface area contributed by atoms with Crippen LogP contribution in [0.5, 0.6) is 0 Å². The summed E-state index contributed by atoms with van der Waals surface area (Å²) in [5.74, 6) is -0.106. The summed E-state index contributed by atoms with van der Waals surface area (Å²) in [6.45, 7) is 4.58. The van der Waals surface area contributed by atoms with Gasteiger partial charge in [0.2, 0.25) is 5.91 Å². The third-order valence-corrected chi connectivity index (χ3v) is 4.05. The molecule has 7 heteroatoms. The van der Waals surface area contributed by atoms with Gasteiger partial charge in [0.05, 0.1) is 4.92 Å². The Labute approximate surface area is 128 Å². The Morgan fingerprint density at radius 3 is 2.86 bits per heavy atom. The smallest absolute Gasteiger partial charge is 0.288 e. The summed E-state index contributed by atoms with van der Waals surface area (Å²) < 4.78 is 0. The highest BCUT2D eigenvalue weighted by Gasteiger charge is 2.25. The Bertz CT molecular complexity index is 577. The topological polar surface area (TPSA) is 84.3 Å². The minimum Gasteiger partial charge on any atom is -0.326 e. The van der Waals surface area contributed by atoms with Crippen LogP contribution in [-0.2, 0) is 4.79 Å². The van der Waals surface area contributed by atoms with Gasteiger partial charge in [-0.1, -0.05) is 11.6 Å². The SMILES string of the molecule is Cc1cc([N+](=O)[O-])c(Cl)cc1NC(=O)C1CCNC(C)C1. The predicted molar refractivity (Wildman–Crippen MR) is 81.7 cm³/mol. The monoisotopic (exact) mass is 311 g/mol. The normalized spacial score (nSPS) is 21.9. The van der Waals surface area contributed by atoms with Gasteiger partial charge < -0.3 is 10.6 Å². The van der Waals surface area contributed by atoms with Crippen molar-refractivity contribution in [1.82, 2.24) is 5.32 Å². The fraction of sp³-hybridized carbons (Fsp3) is 0.500. The number of rotatable bonds is 3. The highest BCUT2D eigenvalue weighted by Crippen LogP contribution is 2.31. The van der Waals surface area contributed by atoms with Gasteiger partial charge in [-0.25, -0.2) is 0 Å². The highest BCUT2D eigenvalue weighted by molar-refractivity contribution is 6.33. The van der Waals surface area contributed by atoms with Gasteiger partial charge >= 0.3 is 0 Å². The number of nitrogens with zero attached hydrogens (tertiary/aromatic N) is 1. The quantitative estimate of drug-likeness (QED) is 0.664. The van der Waals surface area contributed by atoms with Crippen LogP contribution in [0.3, 0.4) is 0 Å². The average molecular weight is 312 g/mol. The first-order valence-electron chi connectivity index (χ1n) is 6.87. The predicted octanol–water partition coefficient (Wildman–Crippen LogP) is 2.88. The van der Waals surface area contributed by atoms with Gasteiger partial charge in [0.25, 0.3) is 5.69 Å². The van der Waals surface area contributed by atoms with Crippen LogP contribution >= 0.6 is 11.6 Å². The lowest BCUT2D eigenvalue weighted by Gasteiger charge is -2.27. The molecule has 1 aromatic carbocycles. The second-order valence-electron chi connectivity index (χ2n) is 5.44. The number of halogens is 1. The van der Waals surface area contributed by atoms with E-state index >= 15 is 0 Å². The van der Waals surface area contributed by atoms with E-state index < -0.39 is 4.92 Å². The van der Waals surface area contributed by atoms with Crippen molar-refractivity contribution in [2.24, 2.45) is 5.92 Å². The van der Waals surface area contributed by atoms with Crippen molar-refractivity contribution < 1.29 is 9.72 Å². The zero-order valence-electron chi connectivity index (χ0n) is 12.0. The number of piperidine rings is 1. The molecule has 0 bridgehead atoms. The Kier molecular flexibility index (Phi) is 4.80. The number of nitro benzene ring substituents is 1. The second-order valence-corrected chi connectivity index (χ2v) is 5.85. The molecule has 1 aliphatic rings. The van der Waals surface area contributed by atoms with E-state index in [-0.39, 0.29) is 22.5 Å². The lowest BCUT2D eigenvalue weighted by atomic mass is 9.92. The van der Waals surface area contributed by atoms with Gasteiger partial charge in [0.15, 0.2) is 0 Å². The average Bonchev–Trinajstić information content (AvgIpc) is 2.42. The molecule has 6 nitrogen and oxygen atoms in total. The third-order valence-electron chi connectivity index (χ3n) is 3.74. The molecule has 0 aromatic heterocycles. The molecule has 1 saturated heterocycles. The molecule has 1 aromatic rings. The van der Waals surface area contributed by atoms with Crippen molar-refractivity contribution in [3.05, 3.63) is 32.8 Å². The standard InChI is InChI=1S/C14H18ClN3O3/c1-8-5-13(18(20)21)11(15)7-12(8)17-14(19)10-3-4-16-9(2)6-10/h5,7,9-10,16H,3-4,6H2,1-2H3,(H,17,19). The van der Waals surface area contributed by atoms with Crippen LogP contribution in [0.4, 0.5) is 11.4 Å². The number of carbonyl (C=O) groups is 1. The van der Waals surface area contributed by atoms with Gasteiger partial charge in [0, 0.05) is 23.7 Å². The van der Waals surface area contributed by atoms with E-state index in [4.69, 9.17) is 11.6 Å². The lowest BCUT2D eigenvalue weighted by molar-refractivity contribution is -0.384. The van der Waals surface area contributed by atoms with Crippen LogP contribution < -0.4 is 10.6 Å². The van der Waals surface area contributed by atoms with Crippen molar-refractivity contribution in [3.8, 4) is 0 Å². The molecule has 2 atom stereocenters. The maximum atomic E-state index is 12.3. The zero-order chi connectivity index (χ0) is 15.6. The highest BCUT2D eigenvalue weighted by atomic mass is 35.5. The van der Waals surface area contributed by atoms with Crippen molar-refractivity contribution in [3.63, 3.8) is 0 Å². The molecule has 1 heterocycles. The number of hydrogen-bond donors (Lipinski definition) is 2. The zero-order valence-corrected chi connectivity index (χ0v) is 12.7. The molecule has 0 radical (unpaired) electrons. The van der Waals surface area contributed by atoms with Crippen molar-refractivity contribution in [1.29, 1.82) is 0 Å². The Hall–Kier alpha value is -1.66. The summed E-state index contributed by atoms with van der Waals surface area (Å²) in [7, 11) is 0. The maximum absolute atomic E-state index is 12.3. The number of aryl methyl sites for hydroxylation is 1. The molecule has 1 amide bonds. The summed E-state index contributed by atoms with van der Waals surface area (Å²) in [6, 6.07) is 3.14. The van der Waals surface area contributed by atoms with Gasteiger partial charge in [-0.05, 0) is 44.9 Å². The van der Waals surface area contributed by atoms with E-state index in [9.17, 15) is 14.9 Å². The first-order valence-corrected chi connectivity index (χ1v) is 7.25. The molecule has 0 saturated carbocycles. The minimum atomic E-state index is -0.532. The van der Waals surface area contributed by atoms with E-state index in [1.807, 2.05) is 6.92 Å². The molecule has 0 aliphatic carbocycles. The number of nitrogens with one attached hydrogen (secondary N) is 2. The molecular formula is C14H18ClN3O3.